The molecule has 0 amide bonds. The molecule has 0 bridgehead atoms. The predicted octanol–water partition coefficient (Wildman–Crippen LogP) is 6.47. The van der Waals surface area contributed by atoms with E-state index < -0.39 is 37.1 Å². The van der Waals surface area contributed by atoms with Gasteiger partial charge in [-0.15, -0.1) is 0 Å². The molecule has 0 fully saturated rings. The molecule has 2 unspecified atom stereocenters. The number of hydrogen-bond donors (Lipinski definition) is 2. The molecule has 0 aromatic heterocycles. The fraction of sp³-hybridized carbons (Fsp3) is 0.184. The van der Waals surface area contributed by atoms with E-state index in [2.05, 4.69) is 0 Å². The summed E-state index contributed by atoms with van der Waals surface area (Å²) in [6, 6.07) is 40.4. The van der Waals surface area contributed by atoms with E-state index >= 15 is 4.57 Å². The van der Waals surface area contributed by atoms with Gasteiger partial charge in [-0.25, -0.2) is 4.79 Å². The van der Waals surface area contributed by atoms with Crippen molar-refractivity contribution in [1.82, 2.24) is 0 Å². The summed E-state index contributed by atoms with van der Waals surface area (Å²) in [4.78, 5) is 13.4. The van der Waals surface area contributed by atoms with Crippen LogP contribution in [-0.4, -0.2) is 42.2 Å². The van der Waals surface area contributed by atoms with Gasteiger partial charge in [0.2, 0.25) is 0 Å². The second-order valence-electron chi connectivity index (χ2n) is 10.9. The Balaban J connectivity index is 1.59. The second kappa shape index (κ2) is 15.1. The van der Waals surface area contributed by atoms with Crippen LogP contribution in [0.15, 0.2) is 140 Å². The number of aliphatic hydroxyl groups is 2. The number of ether oxygens (including phenoxy) is 3. The predicted molar refractivity (Wildman–Crippen MR) is 180 cm³/mol. The van der Waals surface area contributed by atoms with E-state index in [4.69, 9.17) is 14.2 Å². The molecule has 5 aromatic carbocycles. The molecule has 236 valence electrons. The average molecular weight is 637 g/mol. The lowest BCUT2D eigenvalue weighted by Crippen LogP contribution is -2.36. The quantitative estimate of drug-likeness (QED) is 0.113. The first-order chi connectivity index (χ1) is 22.3. The lowest BCUT2D eigenvalue weighted by Gasteiger charge is -2.35. The second-order valence-corrected chi connectivity index (χ2v) is 13.9. The Morgan fingerprint density at radius 2 is 1.09 bits per heavy atom. The van der Waals surface area contributed by atoms with Crippen LogP contribution in [0.5, 0.6) is 11.5 Å². The van der Waals surface area contributed by atoms with E-state index in [0.717, 1.165) is 0 Å². The molecule has 2 N–H and O–H groups in total. The van der Waals surface area contributed by atoms with Gasteiger partial charge in [-0.1, -0.05) is 103 Å². The van der Waals surface area contributed by atoms with Gasteiger partial charge < -0.3 is 29.0 Å². The lowest BCUT2D eigenvalue weighted by molar-refractivity contribution is -0.0261. The van der Waals surface area contributed by atoms with Crippen molar-refractivity contribution >= 4 is 23.7 Å². The molecular weight excluding hydrogens is 599 g/mol. The van der Waals surface area contributed by atoms with Crippen molar-refractivity contribution in [1.29, 1.82) is 0 Å². The third-order valence-corrected chi connectivity index (χ3v) is 11.6. The first-order valence-corrected chi connectivity index (χ1v) is 16.7. The molecule has 0 saturated carbocycles. The summed E-state index contributed by atoms with van der Waals surface area (Å²) in [6.45, 7) is 0. The van der Waals surface area contributed by atoms with Crippen LogP contribution < -0.4 is 20.1 Å². The smallest absolute Gasteiger partial charge is 0.338 e. The monoisotopic (exact) mass is 636 g/mol. The minimum Gasteiger partial charge on any atom is -0.497 e. The maximum Gasteiger partial charge on any atom is 0.338 e. The summed E-state index contributed by atoms with van der Waals surface area (Å²) >= 11 is 0. The molecule has 7 nitrogen and oxygen atoms in total. The number of aliphatic hydroxyl groups excluding tert-OH is 2. The van der Waals surface area contributed by atoms with Gasteiger partial charge in [0.25, 0.3) is 0 Å². The van der Waals surface area contributed by atoms with Crippen LogP contribution in [0.25, 0.3) is 0 Å². The highest BCUT2D eigenvalue weighted by Crippen LogP contribution is 2.55. The van der Waals surface area contributed by atoms with E-state index in [-0.39, 0.29) is 12.0 Å². The first kappa shape index (κ1) is 32.7. The molecule has 0 saturated heterocycles. The van der Waals surface area contributed by atoms with E-state index in [1.165, 1.54) is 7.11 Å². The molecule has 0 radical (unpaired) electrons. The molecule has 0 aliphatic carbocycles. The summed E-state index contributed by atoms with van der Waals surface area (Å²) < 4.78 is 32.1. The van der Waals surface area contributed by atoms with Crippen LogP contribution in [0.4, 0.5) is 0 Å². The Labute approximate surface area is 269 Å². The van der Waals surface area contributed by atoms with Crippen molar-refractivity contribution in [2.24, 2.45) is 0 Å². The minimum absolute atomic E-state index is 0.163. The number of hydrogen-bond acceptors (Lipinski definition) is 7. The van der Waals surface area contributed by atoms with Crippen molar-refractivity contribution in [3.8, 4) is 11.5 Å². The molecule has 0 spiro atoms. The van der Waals surface area contributed by atoms with Crippen LogP contribution in [0.2, 0.25) is 0 Å². The van der Waals surface area contributed by atoms with Gasteiger partial charge in [0.1, 0.15) is 18.6 Å². The molecule has 46 heavy (non-hydrogen) atoms. The third-order valence-electron chi connectivity index (χ3n) is 8.09. The number of benzene rings is 5. The fourth-order valence-electron chi connectivity index (χ4n) is 5.62. The molecular formula is C38H37O7P. The molecule has 5 aromatic rings. The highest BCUT2D eigenvalue weighted by Gasteiger charge is 2.44. The molecule has 8 heteroatoms. The highest BCUT2D eigenvalue weighted by atomic mass is 31.2. The zero-order valence-corrected chi connectivity index (χ0v) is 26.6. The van der Waals surface area contributed by atoms with Crippen molar-refractivity contribution in [3.05, 3.63) is 156 Å². The average Bonchev–Trinajstić information content (AvgIpc) is 3.13. The first-order valence-electron chi connectivity index (χ1n) is 15.0. The number of rotatable bonds is 13. The van der Waals surface area contributed by atoms with Crippen LogP contribution in [0, 0.1) is 0 Å². The fourth-order valence-corrected chi connectivity index (χ4v) is 9.00. The Morgan fingerprint density at radius 1 is 0.630 bits per heavy atom. The van der Waals surface area contributed by atoms with E-state index in [1.807, 2.05) is 42.5 Å². The van der Waals surface area contributed by atoms with Gasteiger partial charge in [-0.05, 0) is 53.9 Å². The lowest BCUT2D eigenvalue weighted by atomic mass is 9.96. The maximum atomic E-state index is 15.6. The minimum atomic E-state index is -3.66. The Morgan fingerprint density at radius 3 is 1.57 bits per heavy atom. The zero-order valence-electron chi connectivity index (χ0n) is 25.7. The summed E-state index contributed by atoms with van der Waals surface area (Å²) in [5.41, 5.74) is 0.343. The summed E-state index contributed by atoms with van der Waals surface area (Å²) in [6.07, 6.45) is -3.89. The van der Waals surface area contributed by atoms with Crippen molar-refractivity contribution in [3.63, 3.8) is 0 Å². The zero-order chi connectivity index (χ0) is 32.5. The largest absolute Gasteiger partial charge is 0.497 e. The Bertz CT molecular complexity index is 1680. The van der Waals surface area contributed by atoms with Crippen LogP contribution in [-0.2, 0) is 9.30 Å². The van der Waals surface area contributed by atoms with E-state index in [1.54, 1.807) is 104 Å². The summed E-state index contributed by atoms with van der Waals surface area (Å²) in [5.74, 6) is 0.553. The van der Waals surface area contributed by atoms with Gasteiger partial charge in [0, 0.05) is 10.6 Å². The van der Waals surface area contributed by atoms with E-state index in [0.29, 0.717) is 33.2 Å². The third kappa shape index (κ3) is 7.24. The SMILES string of the molecule is COc1ccc(C(=O)O[C@@H](c2ccccc2)[C@@H](O)CC(C(O)c2ccc(OC)cc2)P(=O)(c2ccccc2)c2ccccc2)cc1. The number of carbonyl (C=O) groups is 1. The highest BCUT2D eigenvalue weighted by molar-refractivity contribution is 7.79. The normalized spacial score (nSPS) is 14.0. The summed E-state index contributed by atoms with van der Waals surface area (Å²) in [5, 5.41) is 25.1. The van der Waals surface area contributed by atoms with Crippen LogP contribution in [0.1, 0.15) is 40.1 Å². The van der Waals surface area contributed by atoms with Gasteiger partial charge in [-0.2, -0.15) is 0 Å². The van der Waals surface area contributed by atoms with Gasteiger partial charge in [0.05, 0.1) is 37.6 Å². The number of methoxy groups -OCH3 is 2. The number of esters is 1. The molecule has 0 aliphatic rings. The van der Waals surface area contributed by atoms with Crippen molar-refractivity contribution in [2.75, 3.05) is 14.2 Å². The Kier molecular flexibility index (Phi) is 10.7. The summed E-state index contributed by atoms with van der Waals surface area (Å²) in [7, 11) is -0.563. The number of carbonyl (C=O) groups excluding carboxylic acids is 1. The molecule has 0 aliphatic heterocycles. The van der Waals surface area contributed by atoms with Crippen LogP contribution >= 0.6 is 7.14 Å². The standard InChI is InChI=1S/C38H37O7P/c1-43-30-22-18-27(19-23-30)36(40)35(46(42,32-14-8-4-9-15-32)33-16-10-5-11-17-33)26-34(39)37(28-12-6-3-7-13-28)45-38(41)29-20-24-31(44-2)25-21-29/h3-25,34-37,39-40H,26H2,1-2H3/t34-,35?,36?,37-/m0/s1. The van der Waals surface area contributed by atoms with Gasteiger partial charge in [0.15, 0.2) is 6.10 Å². The molecule has 4 atom stereocenters. The molecule has 0 heterocycles. The van der Waals surface area contributed by atoms with Crippen LogP contribution in [0.3, 0.4) is 0 Å². The van der Waals surface area contributed by atoms with Gasteiger partial charge >= 0.3 is 5.97 Å². The van der Waals surface area contributed by atoms with Gasteiger partial charge in [-0.3, -0.25) is 0 Å². The topological polar surface area (TPSA) is 102 Å². The Hall–Kier alpha value is -4.68. The van der Waals surface area contributed by atoms with Crippen molar-refractivity contribution < 1.29 is 33.8 Å². The van der Waals surface area contributed by atoms with E-state index in [9.17, 15) is 15.0 Å². The molecule has 5 rings (SSSR count). The maximum absolute atomic E-state index is 15.6. The van der Waals surface area contributed by atoms with Crippen molar-refractivity contribution in [2.45, 2.75) is 30.4 Å².